The number of rotatable bonds is 36. The SMILES string of the molecule is CCCCCCCCCCCCCCCCCCC(C(=O)OCC(=O)c1ccccc1)C(O)CCCCCCCCCCCCCCC. The molecule has 0 spiro atoms. The molecule has 2 unspecified atom stereocenters. The van der Waals surface area contributed by atoms with Crippen molar-refractivity contribution in [1.82, 2.24) is 0 Å². The van der Waals surface area contributed by atoms with E-state index in [2.05, 4.69) is 13.8 Å². The predicted molar refractivity (Wildman–Crippen MR) is 206 cm³/mol. The fourth-order valence-electron chi connectivity index (χ4n) is 6.90. The van der Waals surface area contributed by atoms with E-state index in [1.165, 1.54) is 161 Å². The molecule has 0 aromatic heterocycles. The molecule has 0 bridgehead atoms. The van der Waals surface area contributed by atoms with Crippen molar-refractivity contribution in [1.29, 1.82) is 0 Å². The number of hydrogen-bond donors (Lipinski definition) is 1. The highest BCUT2D eigenvalue weighted by Crippen LogP contribution is 2.22. The van der Waals surface area contributed by atoms with Crippen LogP contribution in [-0.4, -0.2) is 29.6 Å². The van der Waals surface area contributed by atoms with Crippen LogP contribution in [-0.2, 0) is 9.53 Å². The molecule has 278 valence electrons. The number of aliphatic hydroxyl groups excluding tert-OH is 1. The lowest BCUT2D eigenvalue weighted by Crippen LogP contribution is -2.31. The number of carbonyl (C=O) groups is 2. The molecule has 0 aliphatic carbocycles. The van der Waals surface area contributed by atoms with Crippen molar-refractivity contribution in [3.05, 3.63) is 35.9 Å². The summed E-state index contributed by atoms with van der Waals surface area (Å²) >= 11 is 0. The normalized spacial score (nSPS) is 12.6. The van der Waals surface area contributed by atoms with Crippen molar-refractivity contribution in [2.45, 2.75) is 219 Å². The van der Waals surface area contributed by atoms with Crippen molar-refractivity contribution in [3.8, 4) is 0 Å². The fourth-order valence-corrected chi connectivity index (χ4v) is 6.90. The minimum atomic E-state index is -0.701. The van der Waals surface area contributed by atoms with Crippen LogP contribution in [0.3, 0.4) is 0 Å². The van der Waals surface area contributed by atoms with Crippen molar-refractivity contribution in [2.75, 3.05) is 6.61 Å². The van der Waals surface area contributed by atoms with Gasteiger partial charge < -0.3 is 9.84 Å². The monoisotopic (exact) mass is 671 g/mol. The van der Waals surface area contributed by atoms with Crippen molar-refractivity contribution >= 4 is 11.8 Å². The van der Waals surface area contributed by atoms with Gasteiger partial charge in [0, 0.05) is 5.56 Å². The van der Waals surface area contributed by atoms with Gasteiger partial charge in [0.2, 0.25) is 0 Å². The Hall–Kier alpha value is -1.68. The van der Waals surface area contributed by atoms with Crippen LogP contribution in [0.1, 0.15) is 223 Å². The van der Waals surface area contributed by atoms with E-state index >= 15 is 0 Å². The van der Waals surface area contributed by atoms with Crippen LogP contribution in [0.25, 0.3) is 0 Å². The zero-order valence-electron chi connectivity index (χ0n) is 31.8. The molecule has 1 aromatic carbocycles. The van der Waals surface area contributed by atoms with Crippen LogP contribution < -0.4 is 0 Å². The number of hydrogen-bond acceptors (Lipinski definition) is 4. The maximum absolute atomic E-state index is 13.1. The highest BCUT2D eigenvalue weighted by atomic mass is 16.5. The van der Waals surface area contributed by atoms with E-state index in [0.29, 0.717) is 18.4 Å². The molecule has 1 aromatic rings. The van der Waals surface area contributed by atoms with Crippen molar-refractivity contribution < 1.29 is 19.4 Å². The second-order valence-corrected chi connectivity index (χ2v) is 14.7. The van der Waals surface area contributed by atoms with Crippen LogP contribution in [0.15, 0.2) is 30.3 Å². The van der Waals surface area contributed by atoms with E-state index in [0.717, 1.165) is 25.7 Å². The lowest BCUT2D eigenvalue weighted by atomic mass is 9.91. The molecule has 0 fully saturated rings. The van der Waals surface area contributed by atoms with Gasteiger partial charge >= 0.3 is 5.97 Å². The summed E-state index contributed by atoms with van der Waals surface area (Å²) < 4.78 is 5.49. The molecule has 2 atom stereocenters. The standard InChI is InChI=1S/C44H78O4/c1-3-5-7-9-11-13-15-17-18-19-21-22-24-26-28-33-37-41(44(47)48-39-43(46)40-35-31-30-32-36-40)42(45)38-34-29-27-25-23-20-16-14-12-10-8-6-4-2/h30-32,35-36,41-42,45H,3-29,33-34,37-39H2,1-2H3. The summed E-state index contributed by atoms with van der Waals surface area (Å²) in [7, 11) is 0. The minimum Gasteiger partial charge on any atom is -0.457 e. The van der Waals surface area contributed by atoms with E-state index in [1.807, 2.05) is 18.2 Å². The van der Waals surface area contributed by atoms with Crippen LogP contribution in [0, 0.1) is 5.92 Å². The highest BCUT2D eigenvalue weighted by molar-refractivity contribution is 5.97. The number of aliphatic hydroxyl groups is 1. The van der Waals surface area contributed by atoms with Crippen molar-refractivity contribution in [2.24, 2.45) is 5.92 Å². The Kier molecular flexibility index (Phi) is 31.2. The third kappa shape index (κ3) is 26.2. The molecule has 4 nitrogen and oxygen atoms in total. The van der Waals surface area contributed by atoms with Crippen LogP contribution in [0.4, 0.5) is 0 Å². The third-order valence-corrected chi connectivity index (χ3v) is 10.2. The highest BCUT2D eigenvalue weighted by Gasteiger charge is 2.28. The fraction of sp³-hybridized carbons (Fsp3) is 0.818. The Labute approximate surface area is 298 Å². The number of unbranched alkanes of at least 4 members (excludes halogenated alkanes) is 27. The predicted octanol–water partition coefficient (Wildman–Crippen LogP) is 13.5. The molecular formula is C44H78O4. The van der Waals surface area contributed by atoms with Gasteiger partial charge in [-0.25, -0.2) is 0 Å². The summed E-state index contributed by atoms with van der Waals surface area (Å²) in [6, 6.07) is 8.98. The Bertz CT molecular complexity index is 838. The molecule has 0 saturated carbocycles. The molecule has 1 N–H and O–H groups in total. The summed E-state index contributed by atoms with van der Waals surface area (Å²) in [5.41, 5.74) is 0.548. The van der Waals surface area contributed by atoms with E-state index < -0.39 is 18.0 Å². The molecule has 48 heavy (non-hydrogen) atoms. The molecule has 0 saturated heterocycles. The summed E-state index contributed by atoms with van der Waals surface area (Å²) in [5.74, 6) is -1.16. The largest absolute Gasteiger partial charge is 0.457 e. The van der Waals surface area contributed by atoms with E-state index in [4.69, 9.17) is 4.74 Å². The Balaban J connectivity index is 2.25. The smallest absolute Gasteiger partial charge is 0.312 e. The van der Waals surface area contributed by atoms with Crippen LogP contribution >= 0.6 is 0 Å². The average molecular weight is 671 g/mol. The number of benzene rings is 1. The second kappa shape index (κ2) is 33.8. The van der Waals surface area contributed by atoms with Crippen molar-refractivity contribution in [3.63, 3.8) is 0 Å². The maximum atomic E-state index is 13.1. The molecule has 0 aliphatic heterocycles. The molecule has 0 radical (unpaired) electrons. The second-order valence-electron chi connectivity index (χ2n) is 14.7. The van der Waals surface area contributed by atoms with Gasteiger partial charge in [0.15, 0.2) is 12.4 Å². The first-order chi connectivity index (χ1) is 23.6. The molecular weight excluding hydrogens is 592 g/mol. The number of esters is 1. The number of Topliss-reactive ketones (excluding diaryl/α,β-unsaturated/α-hetero) is 1. The van der Waals surface area contributed by atoms with Crippen LogP contribution in [0.2, 0.25) is 0 Å². The number of carbonyl (C=O) groups excluding carboxylic acids is 2. The van der Waals surface area contributed by atoms with Crippen LogP contribution in [0.5, 0.6) is 0 Å². The van der Waals surface area contributed by atoms with E-state index in [9.17, 15) is 14.7 Å². The molecule has 0 aliphatic rings. The first-order valence-electron chi connectivity index (χ1n) is 21.0. The van der Waals surface area contributed by atoms with E-state index in [1.54, 1.807) is 12.1 Å². The van der Waals surface area contributed by atoms with Gasteiger partial charge in [-0.2, -0.15) is 0 Å². The molecule has 4 heteroatoms. The van der Waals surface area contributed by atoms with Gasteiger partial charge in [-0.1, -0.05) is 230 Å². The minimum absolute atomic E-state index is 0.198. The summed E-state index contributed by atoms with van der Waals surface area (Å²) in [6.07, 6.45) is 38.3. The lowest BCUT2D eigenvalue weighted by molar-refractivity contribution is -0.152. The number of ether oxygens (including phenoxy) is 1. The quantitative estimate of drug-likeness (QED) is 0.0438. The van der Waals surface area contributed by atoms with Gasteiger partial charge in [0.25, 0.3) is 0 Å². The average Bonchev–Trinajstić information content (AvgIpc) is 3.10. The molecule has 0 heterocycles. The maximum Gasteiger partial charge on any atom is 0.312 e. The Morgan fingerprint density at radius 3 is 1.21 bits per heavy atom. The Morgan fingerprint density at radius 2 is 0.833 bits per heavy atom. The summed E-state index contributed by atoms with van der Waals surface area (Å²) in [4.78, 5) is 25.6. The van der Waals surface area contributed by atoms with Gasteiger partial charge in [-0.05, 0) is 12.8 Å². The molecule has 0 amide bonds. The lowest BCUT2D eigenvalue weighted by Gasteiger charge is -2.21. The summed E-state index contributed by atoms with van der Waals surface area (Å²) in [6.45, 7) is 4.29. The van der Waals surface area contributed by atoms with Gasteiger partial charge in [-0.15, -0.1) is 0 Å². The molecule has 1 rings (SSSR count). The topological polar surface area (TPSA) is 63.6 Å². The third-order valence-electron chi connectivity index (χ3n) is 10.2. The summed E-state index contributed by atoms with van der Waals surface area (Å²) in [5, 5.41) is 11.1. The number of ketones is 1. The van der Waals surface area contributed by atoms with E-state index in [-0.39, 0.29) is 12.4 Å². The zero-order chi connectivity index (χ0) is 34.8. The first kappa shape index (κ1) is 44.3. The zero-order valence-corrected chi connectivity index (χ0v) is 31.8. The first-order valence-corrected chi connectivity index (χ1v) is 21.0. The van der Waals surface area contributed by atoms with Gasteiger partial charge in [0.1, 0.15) is 0 Å². The van der Waals surface area contributed by atoms with Gasteiger partial charge in [0.05, 0.1) is 12.0 Å². The van der Waals surface area contributed by atoms with Gasteiger partial charge in [-0.3, -0.25) is 9.59 Å². The Morgan fingerprint density at radius 1 is 0.500 bits per heavy atom.